The van der Waals surface area contributed by atoms with E-state index in [4.69, 9.17) is 4.74 Å². The minimum atomic E-state index is -0.329. The van der Waals surface area contributed by atoms with Gasteiger partial charge in [-0.2, -0.15) is 0 Å². The molecule has 3 amide bonds. The highest BCUT2D eigenvalue weighted by atomic mass is 79.9. The van der Waals surface area contributed by atoms with Crippen molar-refractivity contribution in [2.75, 3.05) is 32.8 Å². The molecule has 2 aliphatic heterocycles. The monoisotopic (exact) mass is 489 g/mol. The van der Waals surface area contributed by atoms with E-state index in [0.29, 0.717) is 31.2 Å². The van der Waals surface area contributed by atoms with Crippen LogP contribution in [0.15, 0.2) is 46.4 Å². The van der Waals surface area contributed by atoms with Gasteiger partial charge in [-0.1, -0.05) is 22.0 Å². The summed E-state index contributed by atoms with van der Waals surface area (Å²) in [4.78, 5) is 40.8. The minimum Gasteiger partial charge on any atom is -0.378 e. The highest BCUT2D eigenvalue weighted by Gasteiger charge is 2.34. The van der Waals surface area contributed by atoms with Crippen LogP contribution >= 0.6 is 27.7 Å². The van der Waals surface area contributed by atoms with Crippen molar-refractivity contribution in [3.8, 4) is 0 Å². The summed E-state index contributed by atoms with van der Waals surface area (Å²) in [7, 11) is 0. The molecule has 9 heteroatoms. The lowest BCUT2D eigenvalue weighted by Crippen LogP contribution is -2.42. The predicted molar refractivity (Wildman–Crippen MR) is 120 cm³/mol. The Morgan fingerprint density at radius 3 is 2.77 bits per heavy atom. The lowest BCUT2D eigenvalue weighted by molar-refractivity contribution is -0.135. The fraction of sp³-hybridized carbons (Fsp3) is 0.286. The Morgan fingerprint density at radius 2 is 2.03 bits per heavy atom. The fourth-order valence-corrected chi connectivity index (χ4v) is 4.73. The number of carbonyl (C=O) groups excluding carboxylic acids is 3. The molecule has 0 saturated carbocycles. The fourth-order valence-electron chi connectivity index (χ4n) is 3.53. The first-order chi connectivity index (χ1) is 14.5. The van der Waals surface area contributed by atoms with Crippen LogP contribution in [0.25, 0.3) is 17.0 Å². The van der Waals surface area contributed by atoms with E-state index in [0.717, 1.165) is 32.7 Å². The molecule has 30 heavy (non-hydrogen) atoms. The van der Waals surface area contributed by atoms with Crippen molar-refractivity contribution >= 4 is 61.7 Å². The van der Waals surface area contributed by atoms with Crippen LogP contribution in [0.5, 0.6) is 0 Å². The van der Waals surface area contributed by atoms with Crippen LogP contribution in [-0.4, -0.2) is 64.3 Å². The quantitative estimate of drug-likeness (QED) is 0.474. The molecule has 1 aromatic carbocycles. The minimum absolute atomic E-state index is 0.0241. The average Bonchev–Trinajstić information content (AvgIpc) is 3.20. The van der Waals surface area contributed by atoms with E-state index in [1.807, 2.05) is 29.0 Å². The lowest BCUT2D eigenvalue weighted by atomic mass is 10.1. The molecule has 7 nitrogen and oxygen atoms in total. The number of imide groups is 1. The van der Waals surface area contributed by atoms with Crippen molar-refractivity contribution in [1.82, 2.24) is 14.4 Å². The van der Waals surface area contributed by atoms with Gasteiger partial charge in [-0.15, -0.1) is 6.58 Å². The van der Waals surface area contributed by atoms with Gasteiger partial charge in [0.1, 0.15) is 6.54 Å². The van der Waals surface area contributed by atoms with Gasteiger partial charge < -0.3 is 14.2 Å². The molecule has 2 aliphatic rings. The van der Waals surface area contributed by atoms with Crippen molar-refractivity contribution in [2.45, 2.75) is 6.54 Å². The molecule has 0 atom stereocenters. The Bertz CT molecular complexity index is 1070. The Labute approximate surface area is 186 Å². The first-order valence-corrected chi connectivity index (χ1v) is 11.1. The van der Waals surface area contributed by atoms with E-state index < -0.39 is 0 Å². The summed E-state index contributed by atoms with van der Waals surface area (Å²) in [6.07, 6.45) is 5.11. The molecule has 0 radical (unpaired) electrons. The van der Waals surface area contributed by atoms with Gasteiger partial charge in [-0.05, 0) is 36.0 Å². The van der Waals surface area contributed by atoms with Crippen LogP contribution in [0, 0.1) is 0 Å². The Hall–Kier alpha value is -2.36. The van der Waals surface area contributed by atoms with E-state index in [-0.39, 0.29) is 30.1 Å². The third kappa shape index (κ3) is 4.10. The summed E-state index contributed by atoms with van der Waals surface area (Å²) in [5, 5.41) is 0.591. The largest absolute Gasteiger partial charge is 0.378 e. The number of benzene rings is 1. The Morgan fingerprint density at radius 1 is 1.27 bits per heavy atom. The van der Waals surface area contributed by atoms with Crippen LogP contribution in [0.2, 0.25) is 0 Å². The molecule has 0 N–H and O–H groups in total. The van der Waals surface area contributed by atoms with Gasteiger partial charge in [0, 0.05) is 46.8 Å². The summed E-state index contributed by atoms with van der Waals surface area (Å²) in [5.41, 5.74) is 1.67. The van der Waals surface area contributed by atoms with Crippen LogP contribution in [0.1, 0.15) is 5.56 Å². The molecule has 0 aliphatic carbocycles. The van der Waals surface area contributed by atoms with Crippen molar-refractivity contribution in [1.29, 1.82) is 0 Å². The molecule has 0 bridgehead atoms. The van der Waals surface area contributed by atoms with E-state index in [1.54, 1.807) is 11.0 Å². The number of fused-ring (bicyclic) bond motifs is 1. The van der Waals surface area contributed by atoms with Gasteiger partial charge in [-0.25, -0.2) is 0 Å². The first-order valence-electron chi connectivity index (χ1n) is 9.48. The second-order valence-electron chi connectivity index (χ2n) is 6.95. The number of carbonyl (C=O) groups is 3. The lowest BCUT2D eigenvalue weighted by Gasteiger charge is -2.27. The molecule has 156 valence electrons. The summed E-state index contributed by atoms with van der Waals surface area (Å²) in [5.74, 6) is -0.304. The van der Waals surface area contributed by atoms with E-state index in [1.165, 1.54) is 11.0 Å². The number of hydrogen-bond donors (Lipinski definition) is 0. The summed E-state index contributed by atoms with van der Waals surface area (Å²) >= 11 is 4.40. The predicted octanol–water partition coefficient (Wildman–Crippen LogP) is 3.48. The molecule has 3 heterocycles. The van der Waals surface area contributed by atoms with Crippen molar-refractivity contribution < 1.29 is 19.1 Å². The molecule has 1 aromatic heterocycles. The van der Waals surface area contributed by atoms with Crippen molar-refractivity contribution in [3.63, 3.8) is 0 Å². The molecule has 4 rings (SSSR count). The van der Waals surface area contributed by atoms with Gasteiger partial charge in [0.05, 0.1) is 18.1 Å². The number of hydrogen-bond acceptors (Lipinski definition) is 5. The smallest absolute Gasteiger partial charge is 0.293 e. The SMILES string of the molecule is C=CCN1C(=O)S/C(=C\c2cn(CC(=O)N3CCOCC3)c3ccc(Br)cc23)C1=O. The van der Waals surface area contributed by atoms with Gasteiger partial charge in [-0.3, -0.25) is 19.3 Å². The van der Waals surface area contributed by atoms with Crippen molar-refractivity contribution in [2.24, 2.45) is 0 Å². The average molecular weight is 490 g/mol. The van der Waals surface area contributed by atoms with Crippen molar-refractivity contribution in [3.05, 3.63) is 52.0 Å². The van der Waals surface area contributed by atoms with Crippen LogP contribution in [-0.2, 0) is 20.9 Å². The molecule has 2 fully saturated rings. The zero-order valence-electron chi connectivity index (χ0n) is 16.2. The number of morpholine rings is 1. The second kappa shape index (κ2) is 8.79. The summed E-state index contributed by atoms with van der Waals surface area (Å²) < 4.78 is 8.10. The van der Waals surface area contributed by atoms with Crippen LogP contribution < -0.4 is 0 Å². The topological polar surface area (TPSA) is 71.8 Å². The maximum Gasteiger partial charge on any atom is 0.293 e. The van der Waals surface area contributed by atoms with E-state index in [9.17, 15) is 14.4 Å². The molecular formula is C21H20BrN3O4S. The second-order valence-corrected chi connectivity index (χ2v) is 8.86. The maximum atomic E-state index is 12.7. The number of aromatic nitrogens is 1. The van der Waals surface area contributed by atoms with E-state index in [2.05, 4.69) is 22.5 Å². The molecule has 2 saturated heterocycles. The number of nitrogens with zero attached hydrogens (tertiary/aromatic N) is 3. The van der Waals surface area contributed by atoms with Gasteiger partial charge in [0.25, 0.3) is 11.1 Å². The Kier molecular flexibility index (Phi) is 6.12. The maximum absolute atomic E-state index is 12.7. The zero-order valence-corrected chi connectivity index (χ0v) is 18.6. The van der Waals surface area contributed by atoms with Crippen LogP contribution in [0.3, 0.4) is 0 Å². The summed E-state index contributed by atoms with van der Waals surface area (Å²) in [6.45, 7) is 6.26. The molecule has 0 unspecified atom stereocenters. The summed E-state index contributed by atoms with van der Waals surface area (Å²) in [6, 6.07) is 5.80. The Balaban J connectivity index is 1.68. The molecule has 2 aromatic rings. The number of ether oxygens (including phenoxy) is 1. The molecule has 0 spiro atoms. The van der Waals surface area contributed by atoms with Gasteiger partial charge in [0.2, 0.25) is 5.91 Å². The van der Waals surface area contributed by atoms with E-state index >= 15 is 0 Å². The zero-order chi connectivity index (χ0) is 21.3. The number of amides is 3. The normalized spacial score (nSPS) is 18.6. The number of rotatable bonds is 5. The third-order valence-electron chi connectivity index (χ3n) is 5.02. The highest BCUT2D eigenvalue weighted by molar-refractivity contribution is 9.10. The van der Waals surface area contributed by atoms with Crippen LogP contribution in [0.4, 0.5) is 4.79 Å². The number of halogens is 1. The third-order valence-corrected chi connectivity index (χ3v) is 6.42. The standard InChI is InChI=1S/C21H20BrN3O4S/c1-2-5-25-20(27)18(30-21(25)28)10-14-12-24(17-4-3-15(22)11-16(14)17)13-19(26)23-6-8-29-9-7-23/h2-4,10-12H,1,5-9,13H2/b18-10-. The molecular weight excluding hydrogens is 470 g/mol. The highest BCUT2D eigenvalue weighted by Crippen LogP contribution is 2.34. The number of thioether (sulfide) groups is 1. The van der Waals surface area contributed by atoms with Gasteiger partial charge in [0.15, 0.2) is 0 Å². The van der Waals surface area contributed by atoms with Gasteiger partial charge >= 0.3 is 0 Å². The first kappa shape index (κ1) is 20.9.